The average Bonchev–Trinajstić information content (AvgIpc) is 3.48. The highest BCUT2D eigenvalue weighted by Gasteiger charge is 2.19. The number of methoxy groups -OCH3 is 6. The van der Waals surface area contributed by atoms with E-state index in [2.05, 4.69) is 127 Å². The molecule has 0 aliphatic heterocycles. The second kappa shape index (κ2) is 33.5. The number of para-hydroxylation sites is 1. The lowest BCUT2D eigenvalue weighted by Gasteiger charge is -2.16. The van der Waals surface area contributed by atoms with Gasteiger partial charge in [-0.1, -0.05) is 119 Å². The summed E-state index contributed by atoms with van der Waals surface area (Å²) in [7, 11) is 10.6. The van der Waals surface area contributed by atoms with Crippen molar-refractivity contribution in [3.8, 4) is 57.5 Å². The number of rotatable bonds is 18. The monoisotopic (exact) mass is 1270 g/mol. The van der Waals surface area contributed by atoms with E-state index in [9.17, 15) is 24.8 Å². The van der Waals surface area contributed by atoms with E-state index in [1.165, 1.54) is 64.8 Å². The molecule has 19 heteroatoms. The van der Waals surface area contributed by atoms with Crippen molar-refractivity contribution in [2.24, 2.45) is 0 Å². The third kappa shape index (κ3) is 19.4. The fraction of sp³-hybridized carbons (Fsp3) is 0.250. The molecule has 8 unspecified atom stereocenters. The zero-order valence-corrected chi connectivity index (χ0v) is 56.1. The van der Waals surface area contributed by atoms with Crippen LogP contribution in [-0.4, -0.2) is 63.1 Å². The summed E-state index contributed by atoms with van der Waals surface area (Å²) < 4.78 is 44.7. The maximum atomic E-state index is 13.4. The molecule has 0 bridgehead atoms. The van der Waals surface area contributed by atoms with Gasteiger partial charge in [-0.25, -0.2) is 4.39 Å². The van der Waals surface area contributed by atoms with E-state index in [0.717, 1.165) is 37.8 Å². The van der Waals surface area contributed by atoms with Crippen LogP contribution in [0.25, 0.3) is 0 Å². The van der Waals surface area contributed by atoms with Gasteiger partial charge < -0.3 is 48.8 Å². The van der Waals surface area contributed by atoms with Gasteiger partial charge in [0.2, 0.25) is 0 Å². The van der Waals surface area contributed by atoms with E-state index in [1.807, 2.05) is 50.2 Å². The summed E-state index contributed by atoms with van der Waals surface area (Å²) in [5.74, 6) is 3.80. The number of thiol groups is 4. The van der Waals surface area contributed by atoms with Crippen molar-refractivity contribution in [1.29, 1.82) is 0 Å². The van der Waals surface area contributed by atoms with Crippen LogP contribution < -0.4 is 70.9 Å². The van der Waals surface area contributed by atoms with E-state index in [0.29, 0.717) is 65.5 Å². The smallest absolute Gasteiger partial charge is 0.165 e. The molecule has 0 amide bonds. The molecule has 0 saturated heterocycles. The Labute approximate surface area is 518 Å². The summed E-state index contributed by atoms with van der Waals surface area (Å²) >= 11 is 18.0. The van der Waals surface area contributed by atoms with Crippen LogP contribution in [0.3, 0.4) is 0 Å². The minimum atomic E-state index is -0.295. The van der Waals surface area contributed by atoms with Crippen LogP contribution >= 0.6 is 84.8 Å². The van der Waals surface area contributed by atoms with Crippen LogP contribution in [0.15, 0.2) is 140 Å². The summed E-state index contributed by atoms with van der Waals surface area (Å²) in [6.07, 6.45) is 0. The highest BCUT2D eigenvalue weighted by Crippen LogP contribution is 2.37. The zero-order valence-electron chi connectivity index (χ0n) is 48.5. The van der Waals surface area contributed by atoms with E-state index in [1.54, 1.807) is 70.9 Å². The summed E-state index contributed by atoms with van der Waals surface area (Å²) in [5, 5.41) is 49.0. The lowest BCUT2D eigenvalue weighted by Crippen LogP contribution is -2.13. The molecule has 0 spiro atoms. The molecule has 442 valence electrons. The van der Waals surface area contributed by atoms with Crippen LogP contribution in [-0.2, 0) is 0 Å². The first-order chi connectivity index (χ1) is 39.6. The fourth-order valence-electron chi connectivity index (χ4n) is 8.32. The molecule has 0 aliphatic carbocycles. The Bertz CT molecular complexity index is 3420. The van der Waals surface area contributed by atoms with Crippen molar-refractivity contribution in [2.45, 2.75) is 62.5 Å². The lowest BCUT2D eigenvalue weighted by molar-refractivity contribution is 0.366. The predicted octanol–water partition coefficient (Wildman–Crippen LogP) is 12.9. The van der Waals surface area contributed by atoms with Crippen molar-refractivity contribution in [3.05, 3.63) is 179 Å². The average molecular weight is 1280 g/mol. The molecular weight excluding hydrogens is 1200 g/mol. The molecule has 0 fully saturated rings. The predicted molar refractivity (Wildman–Crippen MR) is 367 cm³/mol. The Morgan fingerprint density at radius 2 is 0.819 bits per heavy atom. The van der Waals surface area contributed by atoms with Gasteiger partial charge in [0, 0.05) is 54.4 Å². The normalized spacial score (nSPS) is 12.7. The number of aromatic hydroxyl groups is 4. The third-order valence-electron chi connectivity index (χ3n) is 12.8. The van der Waals surface area contributed by atoms with Gasteiger partial charge in [0.15, 0.2) is 34.5 Å². The molecule has 0 saturated carbocycles. The van der Waals surface area contributed by atoms with Gasteiger partial charge in [-0.2, -0.15) is 50.5 Å². The summed E-state index contributed by atoms with van der Waals surface area (Å²) in [6, 6.07) is 43.2. The van der Waals surface area contributed by atoms with Crippen LogP contribution in [0.4, 0.5) is 4.39 Å². The molecule has 8 rings (SSSR count). The Balaban J connectivity index is 0.000000203. The SMILES string of the molecule is COc1cc(OC)c(O)c(Pc2ccc(F)cc2C(C)S)c1.COc1cc(OC)c(O)c(Pc2ccccc2C(C)S)c1.COc1ccc(O)c(Pc2ccc(C)cc2C(C)S)c1.COc1cccc(Pc2c(C)cccc2C(C)S)c1O. The molecule has 0 aromatic heterocycles. The number of aryl methyl sites for hydroxylation is 2. The molecule has 8 aromatic rings. The highest BCUT2D eigenvalue weighted by atomic mass is 32.1. The molecule has 0 heterocycles. The molecular formula is C64H75FO10P4S4. The number of hydrogen-bond donors (Lipinski definition) is 8. The topological polar surface area (TPSA) is 136 Å². The first-order valence-electron chi connectivity index (χ1n) is 26.1. The fourth-order valence-corrected chi connectivity index (χ4v) is 15.1. The van der Waals surface area contributed by atoms with E-state index in [4.69, 9.17) is 28.4 Å². The zero-order chi connectivity index (χ0) is 61.1. The Morgan fingerprint density at radius 1 is 0.373 bits per heavy atom. The molecule has 4 N–H and O–H groups in total. The molecule has 83 heavy (non-hydrogen) atoms. The summed E-state index contributed by atoms with van der Waals surface area (Å²) in [4.78, 5) is 0. The Hall–Kier alpha value is -5.19. The van der Waals surface area contributed by atoms with Crippen molar-refractivity contribution in [3.63, 3.8) is 0 Å². The quantitative estimate of drug-likeness (QED) is 0.0310. The van der Waals surface area contributed by atoms with Crippen molar-refractivity contribution in [1.82, 2.24) is 0 Å². The second-order valence-corrected chi connectivity index (χ2v) is 27.2. The highest BCUT2D eigenvalue weighted by molar-refractivity contribution is 7.81. The Morgan fingerprint density at radius 3 is 1.35 bits per heavy atom. The minimum absolute atomic E-state index is 0.0729. The molecule has 0 radical (unpaired) electrons. The lowest BCUT2D eigenvalue weighted by atomic mass is 10.1. The number of ether oxygens (including phenoxy) is 6. The summed E-state index contributed by atoms with van der Waals surface area (Å²) in [5.41, 5.74) is 6.86. The van der Waals surface area contributed by atoms with Gasteiger partial charge in [0.1, 0.15) is 28.8 Å². The number of phenols is 4. The van der Waals surface area contributed by atoms with E-state index >= 15 is 0 Å². The van der Waals surface area contributed by atoms with E-state index < -0.39 is 0 Å². The van der Waals surface area contributed by atoms with Gasteiger partial charge in [-0.3, -0.25) is 0 Å². The van der Waals surface area contributed by atoms with Gasteiger partial charge in [-0.15, -0.1) is 0 Å². The molecule has 8 aromatic carbocycles. The Kier molecular flexibility index (Phi) is 27.7. The summed E-state index contributed by atoms with van der Waals surface area (Å²) in [6.45, 7) is 12.2. The first kappa shape index (κ1) is 68.6. The first-order valence-corrected chi connectivity index (χ1v) is 32.2. The van der Waals surface area contributed by atoms with Crippen LogP contribution in [0, 0.1) is 19.7 Å². The van der Waals surface area contributed by atoms with Gasteiger partial charge in [0.25, 0.3) is 0 Å². The number of benzene rings is 8. The third-order valence-corrected chi connectivity index (χ3v) is 19.6. The standard InChI is InChI=1S/C16H18FO3PS.C16H19O3PS.2C16H19O2PS/c1-9(22)12-6-10(17)4-5-14(12)21-15-8-11(19-2)7-13(20-3)16(15)18;1-10(21)12-6-4-5-7-14(12)20-15-9-11(18-2)8-13(19-3)16(15)17;1-10-4-7-15(13(8-10)11(2)20)19-16-9-12(18-3)5-6-14(16)17;1-10-6-4-7-12(11(2)20)16(10)19-14-9-5-8-13(18-3)15(14)17/h4-9,18,21-22H,1-3H3;4-10,17,20-21H,1-3H3;2*4-9,11,17,19-20H,1-3H3. The molecule has 0 aliphatic rings. The van der Waals surface area contributed by atoms with Crippen LogP contribution in [0.1, 0.15) is 82.1 Å². The van der Waals surface area contributed by atoms with Crippen molar-refractivity contribution in [2.75, 3.05) is 42.7 Å². The largest absolute Gasteiger partial charge is 0.507 e. The van der Waals surface area contributed by atoms with Crippen LogP contribution in [0.2, 0.25) is 0 Å². The van der Waals surface area contributed by atoms with Crippen molar-refractivity contribution < 1.29 is 53.2 Å². The number of phenolic OH excluding ortho intramolecular Hbond substituents is 4. The van der Waals surface area contributed by atoms with E-state index in [-0.39, 0.29) is 52.6 Å². The minimum Gasteiger partial charge on any atom is -0.507 e. The maximum Gasteiger partial charge on any atom is 0.165 e. The van der Waals surface area contributed by atoms with Gasteiger partial charge in [0.05, 0.1) is 42.7 Å². The second-order valence-electron chi connectivity index (χ2n) is 18.8. The molecule has 8 atom stereocenters. The van der Waals surface area contributed by atoms with Crippen molar-refractivity contribution >= 4 is 127 Å². The maximum absolute atomic E-state index is 13.4. The van der Waals surface area contributed by atoms with Crippen LogP contribution in [0.5, 0.6) is 57.5 Å². The number of halogens is 1. The van der Waals surface area contributed by atoms with Gasteiger partial charge >= 0.3 is 0 Å². The molecule has 10 nitrogen and oxygen atoms in total. The number of hydrogen-bond acceptors (Lipinski definition) is 14. The van der Waals surface area contributed by atoms with Gasteiger partial charge in [-0.05, 0) is 139 Å².